The average molecular weight is 483 g/mol. The van der Waals surface area contributed by atoms with Crippen LogP contribution in [0.15, 0.2) is 71.6 Å². The Balaban J connectivity index is 1.73. The van der Waals surface area contributed by atoms with Crippen molar-refractivity contribution in [1.29, 1.82) is 0 Å². The third-order valence-corrected chi connectivity index (χ3v) is 7.03. The van der Waals surface area contributed by atoms with E-state index in [1.54, 1.807) is 49.6 Å². The van der Waals surface area contributed by atoms with Crippen LogP contribution in [0, 0.1) is 20.8 Å². The van der Waals surface area contributed by atoms with Crippen molar-refractivity contribution in [3.63, 3.8) is 0 Å². The minimum Gasteiger partial charge on any atom is -0.497 e. The van der Waals surface area contributed by atoms with E-state index in [2.05, 4.69) is 5.32 Å². The Morgan fingerprint density at radius 3 is 2.26 bits per heavy atom. The third kappa shape index (κ3) is 6.29. The summed E-state index contributed by atoms with van der Waals surface area (Å²) in [5.41, 5.74) is 3.19. The number of carbonyl (C=O) groups is 1. The van der Waals surface area contributed by atoms with Crippen molar-refractivity contribution in [1.82, 2.24) is 5.32 Å². The summed E-state index contributed by atoms with van der Waals surface area (Å²) in [4.78, 5) is 12.9. The van der Waals surface area contributed by atoms with Crippen molar-refractivity contribution in [2.24, 2.45) is 0 Å². The molecular formula is C26H30N2O5S. The van der Waals surface area contributed by atoms with Gasteiger partial charge in [-0.25, -0.2) is 8.42 Å². The highest BCUT2D eigenvalue weighted by Gasteiger charge is 2.28. The zero-order chi connectivity index (χ0) is 24.7. The lowest BCUT2D eigenvalue weighted by Gasteiger charge is -2.26. The number of nitrogens with zero attached hydrogens (tertiary/aromatic N) is 1. The second-order valence-corrected chi connectivity index (χ2v) is 9.85. The molecule has 34 heavy (non-hydrogen) atoms. The van der Waals surface area contributed by atoms with Gasteiger partial charge in [-0.3, -0.25) is 9.10 Å². The van der Waals surface area contributed by atoms with E-state index in [0.717, 1.165) is 21.0 Å². The van der Waals surface area contributed by atoms with Crippen LogP contribution in [-0.2, 0) is 14.8 Å². The monoisotopic (exact) mass is 482 g/mol. The molecule has 0 saturated carbocycles. The van der Waals surface area contributed by atoms with E-state index in [1.165, 1.54) is 0 Å². The molecule has 1 N–H and O–H groups in total. The Bertz CT molecular complexity index is 1240. The largest absolute Gasteiger partial charge is 0.497 e. The highest BCUT2D eigenvalue weighted by molar-refractivity contribution is 7.92. The molecule has 0 bridgehead atoms. The quantitative estimate of drug-likeness (QED) is 0.442. The molecule has 0 aliphatic heterocycles. The van der Waals surface area contributed by atoms with E-state index in [4.69, 9.17) is 9.47 Å². The number of benzene rings is 3. The highest BCUT2D eigenvalue weighted by Crippen LogP contribution is 2.27. The Hall–Kier alpha value is -3.52. The number of nitrogens with one attached hydrogen (secondary N) is 1. The van der Waals surface area contributed by atoms with Gasteiger partial charge in [0.1, 0.15) is 24.7 Å². The third-order valence-electron chi connectivity index (χ3n) is 5.25. The van der Waals surface area contributed by atoms with Crippen LogP contribution in [0.3, 0.4) is 0 Å². The summed E-state index contributed by atoms with van der Waals surface area (Å²) >= 11 is 0. The van der Waals surface area contributed by atoms with Crippen LogP contribution in [-0.4, -0.2) is 41.1 Å². The van der Waals surface area contributed by atoms with Gasteiger partial charge in [0, 0.05) is 6.07 Å². The molecule has 0 aliphatic rings. The van der Waals surface area contributed by atoms with Gasteiger partial charge >= 0.3 is 0 Å². The Labute approximate surface area is 201 Å². The maximum Gasteiger partial charge on any atom is 0.264 e. The molecule has 0 aromatic heterocycles. The molecule has 0 radical (unpaired) electrons. The number of hydrogen-bond acceptors (Lipinski definition) is 5. The van der Waals surface area contributed by atoms with Gasteiger partial charge in [-0.1, -0.05) is 41.5 Å². The maximum absolute atomic E-state index is 13.5. The summed E-state index contributed by atoms with van der Waals surface area (Å²) in [6.45, 7) is 5.76. The molecule has 180 valence electrons. The lowest BCUT2D eigenvalue weighted by atomic mass is 10.1. The van der Waals surface area contributed by atoms with Crippen molar-refractivity contribution in [3.8, 4) is 11.5 Å². The summed E-state index contributed by atoms with van der Waals surface area (Å²) in [6, 6.07) is 19.2. The first-order valence-electron chi connectivity index (χ1n) is 10.9. The van der Waals surface area contributed by atoms with Gasteiger partial charge in [0.05, 0.1) is 24.2 Å². The van der Waals surface area contributed by atoms with E-state index in [9.17, 15) is 13.2 Å². The smallest absolute Gasteiger partial charge is 0.264 e. The fraction of sp³-hybridized carbons (Fsp3) is 0.269. The Morgan fingerprint density at radius 1 is 0.912 bits per heavy atom. The zero-order valence-corrected chi connectivity index (χ0v) is 20.7. The minimum absolute atomic E-state index is 0.132. The zero-order valence-electron chi connectivity index (χ0n) is 19.9. The molecule has 7 nitrogen and oxygen atoms in total. The summed E-state index contributed by atoms with van der Waals surface area (Å²) < 4.78 is 39.0. The van der Waals surface area contributed by atoms with Gasteiger partial charge in [0.15, 0.2) is 0 Å². The second-order valence-electron chi connectivity index (χ2n) is 7.99. The molecule has 8 heteroatoms. The van der Waals surface area contributed by atoms with Gasteiger partial charge in [0.2, 0.25) is 5.91 Å². The van der Waals surface area contributed by atoms with Crippen molar-refractivity contribution in [2.75, 3.05) is 31.1 Å². The van der Waals surface area contributed by atoms with E-state index < -0.39 is 15.9 Å². The van der Waals surface area contributed by atoms with Crippen LogP contribution < -0.4 is 19.1 Å². The number of rotatable bonds is 10. The van der Waals surface area contributed by atoms with Gasteiger partial charge < -0.3 is 14.8 Å². The number of ether oxygens (including phenoxy) is 2. The summed E-state index contributed by atoms with van der Waals surface area (Å²) in [5, 5.41) is 2.74. The number of anilines is 1. The Morgan fingerprint density at radius 2 is 1.59 bits per heavy atom. The molecule has 3 rings (SSSR count). The predicted molar refractivity (Wildman–Crippen MR) is 133 cm³/mol. The molecule has 0 aliphatic carbocycles. The van der Waals surface area contributed by atoms with Crippen LogP contribution in [0.2, 0.25) is 0 Å². The van der Waals surface area contributed by atoms with Crippen LogP contribution in [0.4, 0.5) is 5.69 Å². The first-order chi connectivity index (χ1) is 16.2. The minimum atomic E-state index is -3.96. The fourth-order valence-electron chi connectivity index (χ4n) is 3.46. The molecule has 0 saturated heterocycles. The summed E-state index contributed by atoms with van der Waals surface area (Å²) in [5.74, 6) is 0.865. The summed E-state index contributed by atoms with van der Waals surface area (Å²) in [7, 11) is -2.38. The molecule has 0 unspecified atom stereocenters. The van der Waals surface area contributed by atoms with E-state index in [1.807, 2.05) is 45.0 Å². The van der Waals surface area contributed by atoms with Crippen LogP contribution in [0.25, 0.3) is 0 Å². The van der Waals surface area contributed by atoms with Crippen molar-refractivity contribution in [3.05, 3.63) is 83.4 Å². The normalized spacial score (nSPS) is 11.1. The summed E-state index contributed by atoms with van der Waals surface area (Å²) in [6.07, 6.45) is 0. The number of amides is 1. The van der Waals surface area contributed by atoms with Crippen LogP contribution >= 0.6 is 0 Å². The number of sulfonamides is 1. The maximum atomic E-state index is 13.5. The molecule has 0 heterocycles. The second kappa shape index (κ2) is 11.1. The Kier molecular flexibility index (Phi) is 8.17. The number of carbonyl (C=O) groups excluding carboxylic acids is 1. The molecule has 3 aromatic rings. The molecule has 0 spiro atoms. The topological polar surface area (TPSA) is 84.9 Å². The molecule has 3 aromatic carbocycles. The lowest BCUT2D eigenvalue weighted by Crippen LogP contribution is -2.42. The SMILES string of the molecule is COc1cccc(OCCNC(=O)CN(c2ccc(C)cc2C)S(=O)(=O)c2ccc(C)cc2)c1. The molecular weight excluding hydrogens is 452 g/mol. The highest BCUT2D eigenvalue weighted by atomic mass is 32.2. The van der Waals surface area contributed by atoms with E-state index >= 15 is 0 Å². The fourth-order valence-corrected chi connectivity index (χ4v) is 4.94. The number of hydrogen-bond donors (Lipinski definition) is 1. The van der Waals surface area contributed by atoms with Gasteiger partial charge in [0.25, 0.3) is 10.0 Å². The van der Waals surface area contributed by atoms with Crippen molar-refractivity contribution >= 4 is 21.6 Å². The van der Waals surface area contributed by atoms with Gasteiger partial charge in [-0.2, -0.15) is 0 Å². The van der Waals surface area contributed by atoms with Crippen molar-refractivity contribution in [2.45, 2.75) is 25.7 Å². The van der Waals surface area contributed by atoms with Crippen LogP contribution in [0.1, 0.15) is 16.7 Å². The number of methoxy groups -OCH3 is 1. The standard InChI is InChI=1S/C26H30N2O5S/c1-19-8-11-24(12-9-19)34(30,31)28(25-13-10-20(2)16-21(25)3)18-26(29)27-14-15-33-23-7-5-6-22(17-23)32-4/h5-13,16-17H,14-15,18H2,1-4H3,(H,27,29). The number of aryl methyl sites for hydroxylation is 3. The first kappa shape index (κ1) is 25.1. The first-order valence-corrected chi connectivity index (χ1v) is 12.3. The van der Waals surface area contributed by atoms with E-state index in [-0.39, 0.29) is 24.6 Å². The molecule has 0 atom stereocenters. The van der Waals surface area contributed by atoms with Gasteiger partial charge in [-0.15, -0.1) is 0 Å². The lowest BCUT2D eigenvalue weighted by molar-refractivity contribution is -0.119. The van der Waals surface area contributed by atoms with Crippen molar-refractivity contribution < 1.29 is 22.7 Å². The average Bonchev–Trinajstić information content (AvgIpc) is 2.81. The van der Waals surface area contributed by atoms with E-state index in [0.29, 0.717) is 17.2 Å². The van der Waals surface area contributed by atoms with Gasteiger partial charge in [-0.05, 0) is 56.7 Å². The molecule has 1 amide bonds. The predicted octanol–water partition coefficient (Wildman–Crippen LogP) is 4.01. The molecule has 0 fully saturated rings. The van der Waals surface area contributed by atoms with Crippen LogP contribution in [0.5, 0.6) is 11.5 Å².